The summed E-state index contributed by atoms with van der Waals surface area (Å²) in [6, 6.07) is 10.7. The predicted octanol–water partition coefficient (Wildman–Crippen LogP) is 2.60. The number of hydrogen-bond acceptors (Lipinski definition) is 2. The van der Waals surface area contributed by atoms with E-state index in [0.717, 1.165) is 6.42 Å². The number of nitrogens with one attached hydrogen (secondary N) is 1. The van der Waals surface area contributed by atoms with Crippen molar-refractivity contribution in [3.8, 4) is 0 Å². The predicted molar refractivity (Wildman–Crippen MR) is 71.6 cm³/mol. The Kier molecular flexibility index (Phi) is 4.76. The van der Waals surface area contributed by atoms with Crippen LogP contribution in [0.1, 0.15) is 37.7 Å². The lowest BCUT2D eigenvalue weighted by molar-refractivity contribution is -0.137. The van der Waals surface area contributed by atoms with E-state index in [4.69, 9.17) is 5.11 Å². The van der Waals surface area contributed by atoms with Gasteiger partial charge < -0.3 is 10.4 Å². The second-order valence-electron chi connectivity index (χ2n) is 5.13. The molecule has 0 saturated heterocycles. The van der Waals surface area contributed by atoms with Gasteiger partial charge in [-0.25, -0.2) is 0 Å². The molecule has 2 N–H and O–H groups in total. The molecular formula is C15H21NO2. The van der Waals surface area contributed by atoms with E-state index in [1.54, 1.807) is 0 Å². The Balaban J connectivity index is 1.93. The van der Waals surface area contributed by atoms with Crippen molar-refractivity contribution in [1.29, 1.82) is 0 Å². The summed E-state index contributed by atoms with van der Waals surface area (Å²) in [6.45, 7) is 0. The monoisotopic (exact) mass is 247 g/mol. The fourth-order valence-corrected chi connectivity index (χ4v) is 2.73. The van der Waals surface area contributed by atoms with Gasteiger partial charge in [-0.2, -0.15) is 0 Å². The molecule has 1 aliphatic carbocycles. The van der Waals surface area contributed by atoms with Gasteiger partial charge in [0.2, 0.25) is 0 Å². The highest BCUT2D eigenvalue weighted by Gasteiger charge is 2.21. The highest BCUT2D eigenvalue weighted by Crippen LogP contribution is 2.19. The van der Waals surface area contributed by atoms with Gasteiger partial charge in [-0.15, -0.1) is 0 Å². The van der Waals surface area contributed by atoms with Crippen molar-refractivity contribution in [3.63, 3.8) is 0 Å². The highest BCUT2D eigenvalue weighted by molar-refractivity contribution is 5.67. The van der Waals surface area contributed by atoms with Crippen LogP contribution in [0.5, 0.6) is 0 Å². The molecule has 3 nitrogen and oxygen atoms in total. The maximum Gasteiger partial charge on any atom is 0.304 e. The molecule has 2 rings (SSSR count). The van der Waals surface area contributed by atoms with Gasteiger partial charge in [0.1, 0.15) is 0 Å². The zero-order valence-corrected chi connectivity index (χ0v) is 10.6. The number of hydrogen-bond donors (Lipinski definition) is 2. The van der Waals surface area contributed by atoms with Crippen LogP contribution < -0.4 is 5.32 Å². The first-order chi connectivity index (χ1) is 8.74. The molecule has 1 atom stereocenters. The van der Waals surface area contributed by atoms with Gasteiger partial charge in [-0.1, -0.05) is 43.2 Å². The average molecular weight is 247 g/mol. The second kappa shape index (κ2) is 6.55. The molecule has 0 bridgehead atoms. The third kappa shape index (κ3) is 4.15. The van der Waals surface area contributed by atoms with Crippen molar-refractivity contribution in [2.75, 3.05) is 0 Å². The number of aliphatic carboxylic acids is 1. The first kappa shape index (κ1) is 13.1. The van der Waals surface area contributed by atoms with Crippen molar-refractivity contribution in [1.82, 2.24) is 5.32 Å². The minimum atomic E-state index is -0.721. The van der Waals surface area contributed by atoms with E-state index < -0.39 is 5.97 Å². The maximum atomic E-state index is 10.9. The Labute approximate surface area is 108 Å². The molecule has 1 unspecified atom stereocenters. The molecule has 18 heavy (non-hydrogen) atoms. The largest absolute Gasteiger partial charge is 0.481 e. The third-order valence-corrected chi connectivity index (χ3v) is 3.57. The molecule has 1 aromatic carbocycles. The van der Waals surface area contributed by atoms with Crippen molar-refractivity contribution in [2.24, 2.45) is 0 Å². The summed E-state index contributed by atoms with van der Waals surface area (Å²) >= 11 is 0. The zero-order valence-electron chi connectivity index (χ0n) is 10.6. The summed E-state index contributed by atoms with van der Waals surface area (Å²) in [6.07, 6.45) is 5.90. The fourth-order valence-electron chi connectivity index (χ4n) is 2.73. The number of carbonyl (C=O) groups is 1. The topological polar surface area (TPSA) is 49.3 Å². The lowest BCUT2D eigenvalue weighted by Gasteiger charge is -2.21. The zero-order chi connectivity index (χ0) is 12.8. The molecule has 0 aliphatic heterocycles. The summed E-state index contributed by atoms with van der Waals surface area (Å²) < 4.78 is 0. The molecule has 0 amide bonds. The molecule has 0 heterocycles. The van der Waals surface area contributed by atoms with Crippen LogP contribution >= 0.6 is 0 Å². The Morgan fingerprint density at radius 2 is 1.94 bits per heavy atom. The van der Waals surface area contributed by atoms with E-state index in [9.17, 15) is 4.79 Å². The Morgan fingerprint density at radius 1 is 1.28 bits per heavy atom. The first-order valence-corrected chi connectivity index (χ1v) is 6.76. The Morgan fingerprint density at radius 3 is 2.56 bits per heavy atom. The van der Waals surface area contributed by atoms with E-state index in [2.05, 4.69) is 17.4 Å². The summed E-state index contributed by atoms with van der Waals surface area (Å²) in [7, 11) is 0. The average Bonchev–Trinajstić information content (AvgIpc) is 2.82. The van der Waals surface area contributed by atoms with E-state index in [-0.39, 0.29) is 12.5 Å². The van der Waals surface area contributed by atoms with Crippen molar-refractivity contribution >= 4 is 5.97 Å². The standard InChI is InChI=1S/C15H21NO2/c17-15(18)11-14(16-13-8-4-5-9-13)10-12-6-2-1-3-7-12/h1-3,6-7,13-14,16H,4-5,8-11H2,(H,17,18). The molecule has 98 valence electrons. The lowest BCUT2D eigenvalue weighted by Crippen LogP contribution is -2.39. The lowest BCUT2D eigenvalue weighted by atomic mass is 10.0. The highest BCUT2D eigenvalue weighted by atomic mass is 16.4. The SMILES string of the molecule is O=C(O)CC(Cc1ccccc1)NC1CCCC1. The van der Waals surface area contributed by atoms with Crippen molar-refractivity contribution in [2.45, 2.75) is 50.6 Å². The third-order valence-electron chi connectivity index (χ3n) is 3.57. The second-order valence-corrected chi connectivity index (χ2v) is 5.13. The van der Waals surface area contributed by atoms with Gasteiger partial charge in [-0.3, -0.25) is 4.79 Å². The van der Waals surface area contributed by atoms with E-state index in [1.165, 1.54) is 31.2 Å². The van der Waals surface area contributed by atoms with Gasteiger partial charge in [0.25, 0.3) is 0 Å². The molecule has 0 spiro atoms. The van der Waals surface area contributed by atoms with Crippen LogP contribution in [0.3, 0.4) is 0 Å². The molecule has 1 aromatic rings. The first-order valence-electron chi connectivity index (χ1n) is 6.76. The van der Waals surface area contributed by atoms with Gasteiger partial charge in [0, 0.05) is 12.1 Å². The van der Waals surface area contributed by atoms with Crippen LogP contribution in [0.2, 0.25) is 0 Å². The molecular weight excluding hydrogens is 226 g/mol. The quantitative estimate of drug-likeness (QED) is 0.812. The van der Waals surface area contributed by atoms with Gasteiger partial charge in [0.05, 0.1) is 6.42 Å². The molecule has 1 fully saturated rings. The van der Waals surface area contributed by atoms with Crippen LogP contribution in [0.15, 0.2) is 30.3 Å². The van der Waals surface area contributed by atoms with Gasteiger partial charge in [-0.05, 0) is 24.8 Å². The van der Waals surface area contributed by atoms with E-state index in [1.807, 2.05) is 18.2 Å². The number of benzene rings is 1. The van der Waals surface area contributed by atoms with Crippen LogP contribution in [0.25, 0.3) is 0 Å². The minimum absolute atomic E-state index is 0.0491. The Bertz CT molecular complexity index is 371. The molecule has 0 radical (unpaired) electrons. The molecule has 3 heteroatoms. The van der Waals surface area contributed by atoms with E-state index >= 15 is 0 Å². The molecule has 1 aliphatic rings. The molecule has 0 aromatic heterocycles. The van der Waals surface area contributed by atoms with Crippen molar-refractivity contribution in [3.05, 3.63) is 35.9 Å². The maximum absolute atomic E-state index is 10.9. The summed E-state index contributed by atoms with van der Waals surface area (Å²) in [5.74, 6) is -0.721. The van der Waals surface area contributed by atoms with Crippen LogP contribution in [0.4, 0.5) is 0 Å². The van der Waals surface area contributed by atoms with Gasteiger partial charge in [0.15, 0.2) is 0 Å². The summed E-state index contributed by atoms with van der Waals surface area (Å²) in [5.41, 5.74) is 1.20. The van der Waals surface area contributed by atoms with Gasteiger partial charge >= 0.3 is 5.97 Å². The van der Waals surface area contributed by atoms with Crippen molar-refractivity contribution < 1.29 is 9.90 Å². The Hall–Kier alpha value is -1.35. The smallest absolute Gasteiger partial charge is 0.304 e. The summed E-state index contributed by atoms with van der Waals surface area (Å²) in [4.78, 5) is 10.9. The van der Waals surface area contributed by atoms with Crippen LogP contribution in [-0.4, -0.2) is 23.2 Å². The number of carboxylic acids is 1. The van der Waals surface area contributed by atoms with E-state index in [0.29, 0.717) is 6.04 Å². The number of carboxylic acid groups (broad SMARTS) is 1. The van der Waals surface area contributed by atoms with Crippen LogP contribution in [-0.2, 0) is 11.2 Å². The van der Waals surface area contributed by atoms with Crippen LogP contribution in [0, 0.1) is 0 Å². The fraction of sp³-hybridized carbons (Fsp3) is 0.533. The normalized spacial score (nSPS) is 17.8. The molecule has 1 saturated carbocycles. The number of rotatable bonds is 6. The summed E-state index contributed by atoms with van der Waals surface area (Å²) in [5, 5.41) is 12.5. The minimum Gasteiger partial charge on any atom is -0.481 e.